The molecular formula is C11H15F2N3. The van der Waals surface area contributed by atoms with Crippen LogP contribution in [0.3, 0.4) is 0 Å². The first-order valence-corrected chi connectivity index (χ1v) is 5.41. The van der Waals surface area contributed by atoms with Gasteiger partial charge in [0, 0.05) is 19.0 Å². The van der Waals surface area contributed by atoms with E-state index in [0.29, 0.717) is 18.7 Å². The molecule has 2 N–H and O–H groups in total. The fourth-order valence-electron chi connectivity index (χ4n) is 2.01. The third-order valence-corrected chi connectivity index (χ3v) is 2.91. The van der Waals surface area contributed by atoms with E-state index in [1.807, 2.05) is 4.90 Å². The highest BCUT2D eigenvalue weighted by molar-refractivity contribution is 5.46. The zero-order valence-electron chi connectivity index (χ0n) is 8.94. The van der Waals surface area contributed by atoms with Gasteiger partial charge in [0.05, 0.1) is 11.9 Å². The number of halogens is 2. The summed E-state index contributed by atoms with van der Waals surface area (Å²) in [5, 5.41) is 0. The lowest BCUT2D eigenvalue weighted by molar-refractivity contribution is 0.0686. The van der Waals surface area contributed by atoms with Gasteiger partial charge in [0.2, 0.25) is 6.43 Å². The predicted molar refractivity (Wildman–Crippen MR) is 59.6 cm³/mol. The van der Waals surface area contributed by atoms with Crippen LogP contribution in [0.25, 0.3) is 0 Å². The number of nitrogens with two attached hydrogens (primary N) is 1. The number of nitrogen functional groups attached to an aromatic ring is 1. The fraction of sp³-hybridized carbons (Fsp3) is 0.545. The molecule has 1 aliphatic heterocycles. The average Bonchev–Trinajstić information content (AvgIpc) is 2.30. The van der Waals surface area contributed by atoms with Crippen LogP contribution < -0.4 is 10.6 Å². The minimum Gasteiger partial charge on any atom is -0.397 e. The molecule has 1 aromatic rings. The second-order valence-electron chi connectivity index (χ2n) is 4.13. The van der Waals surface area contributed by atoms with Crippen molar-refractivity contribution in [1.29, 1.82) is 0 Å². The van der Waals surface area contributed by atoms with E-state index in [2.05, 4.69) is 4.98 Å². The molecule has 0 aromatic carbocycles. The fourth-order valence-corrected chi connectivity index (χ4v) is 2.01. The number of hydrogen-bond donors (Lipinski definition) is 1. The Bertz CT molecular complexity index is 340. The van der Waals surface area contributed by atoms with Crippen molar-refractivity contribution >= 4 is 11.5 Å². The number of nitrogens with zero attached hydrogens (tertiary/aromatic N) is 2. The van der Waals surface area contributed by atoms with Gasteiger partial charge in [-0.1, -0.05) is 0 Å². The first-order chi connectivity index (χ1) is 7.66. The highest BCUT2D eigenvalue weighted by atomic mass is 19.3. The summed E-state index contributed by atoms with van der Waals surface area (Å²) in [6, 6.07) is 3.53. The molecule has 5 heteroatoms. The number of anilines is 2. The topological polar surface area (TPSA) is 42.1 Å². The van der Waals surface area contributed by atoms with E-state index in [4.69, 9.17) is 5.73 Å². The molecule has 1 fully saturated rings. The van der Waals surface area contributed by atoms with Gasteiger partial charge in [0.25, 0.3) is 0 Å². The normalized spacial score (nSPS) is 21.4. The van der Waals surface area contributed by atoms with E-state index >= 15 is 0 Å². The smallest absolute Gasteiger partial charge is 0.243 e. The van der Waals surface area contributed by atoms with Crippen LogP contribution in [-0.4, -0.2) is 24.5 Å². The molecule has 16 heavy (non-hydrogen) atoms. The zero-order chi connectivity index (χ0) is 11.5. The molecule has 1 aromatic heterocycles. The van der Waals surface area contributed by atoms with E-state index < -0.39 is 12.3 Å². The van der Waals surface area contributed by atoms with Gasteiger partial charge in [0.1, 0.15) is 5.82 Å². The summed E-state index contributed by atoms with van der Waals surface area (Å²) in [6.45, 7) is 1.18. The Morgan fingerprint density at radius 1 is 1.44 bits per heavy atom. The summed E-state index contributed by atoms with van der Waals surface area (Å²) in [7, 11) is 0. The third-order valence-electron chi connectivity index (χ3n) is 2.91. The maximum absolute atomic E-state index is 12.6. The van der Waals surface area contributed by atoms with Crippen LogP contribution in [-0.2, 0) is 0 Å². The van der Waals surface area contributed by atoms with Crippen LogP contribution in [0.15, 0.2) is 18.3 Å². The van der Waals surface area contributed by atoms with Gasteiger partial charge in [-0.15, -0.1) is 0 Å². The van der Waals surface area contributed by atoms with Crippen LogP contribution in [0.1, 0.15) is 12.8 Å². The van der Waals surface area contributed by atoms with Crippen LogP contribution in [0.2, 0.25) is 0 Å². The summed E-state index contributed by atoms with van der Waals surface area (Å²) in [4.78, 5) is 6.05. The van der Waals surface area contributed by atoms with Crippen LogP contribution in [0.4, 0.5) is 20.3 Å². The highest BCUT2D eigenvalue weighted by Crippen LogP contribution is 2.25. The minimum atomic E-state index is -2.24. The summed E-state index contributed by atoms with van der Waals surface area (Å²) < 4.78 is 25.2. The maximum atomic E-state index is 12.6. The SMILES string of the molecule is Nc1ccc(N2CCC[C@H](C(F)F)C2)nc1. The maximum Gasteiger partial charge on any atom is 0.243 e. The van der Waals surface area contributed by atoms with Gasteiger partial charge < -0.3 is 10.6 Å². The van der Waals surface area contributed by atoms with Crippen molar-refractivity contribution in [2.45, 2.75) is 19.3 Å². The molecule has 1 saturated heterocycles. The summed E-state index contributed by atoms with van der Waals surface area (Å²) in [5.74, 6) is 0.202. The molecule has 0 spiro atoms. The van der Waals surface area contributed by atoms with Crippen molar-refractivity contribution in [2.75, 3.05) is 23.7 Å². The third kappa shape index (κ3) is 2.40. The van der Waals surface area contributed by atoms with Crippen LogP contribution in [0.5, 0.6) is 0 Å². The molecule has 0 amide bonds. The monoisotopic (exact) mass is 227 g/mol. The molecule has 0 unspecified atom stereocenters. The van der Waals surface area contributed by atoms with E-state index in [0.717, 1.165) is 18.8 Å². The van der Waals surface area contributed by atoms with E-state index in [-0.39, 0.29) is 0 Å². The van der Waals surface area contributed by atoms with Crippen molar-refractivity contribution < 1.29 is 8.78 Å². The van der Waals surface area contributed by atoms with Crippen molar-refractivity contribution in [3.63, 3.8) is 0 Å². The van der Waals surface area contributed by atoms with Crippen LogP contribution in [0, 0.1) is 5.92 Å². The Labute approximate surface area is 93.3 Å². The molecule has 1 atom stereocenters. The number of hydrogen-bond acceptors (Lipinski definition) is 3. The molecule has 0 bridgehead atoms. The Morgan fingerprint density at radius 3 is 2.88 bits per heavy atom. The average molecular weight is 227 g/mol. The zero-order valence-corrected chi connectivity index (χ0v) is 8.94. The minimum absolute atomic E-state index is 0.384. The summed E-state index contributed by atoms with van der Waals surface area (Å²) in [6.07, 6.45) is 0.711. The number of pyridine rings is 1. The van der Waals surface area contributed by atoms with Gasteiger partial charge in [-0.3, -0.25) is 0 Å². The van der Waals surface area contributed by atoms with Gasteiger partial charge in [0.15, 0.2) is 0 Å². The van der Waals surface area contributed by atoms with Crippen molar-refractivity contribution in [3.05, 3.63) is 18.3 Å². The van der Waals surface area contributed by atoms with Crippen molar-refractivity contribution in [3.8, 4) is 0 Å². The Balaban J connectivity index is 2.06. The second kappa shape index (κ2) is 4.63. The molecule has 1 aliphatic rings. The second-order valence-corrected chi connectivity index (χ2v) is 4.13. The van der Waals surface area contributed by atoms with Crippen molar-refractivity contribution in [2.24, 2.45) is 5.92 Å². The lowest BCUT2D eigenvalue weighted by Gasteiger charge is -2.33. The Hall–Kier alpha value is -1.39. The van der Waals surface area contributed by atoms with E-state index in [1.165, 1.54) is 0 Å². The Kier molecular flexibility index (Phi) is 3.22. The lowest BCUT2D eigenvalue weighted by atomic mass is 9.98. The number of alkyl halides is 2. The van der Waals surface area contributed by atoms with Gasteiger partial charge in [-0.25, -0.2) is 13.8 Å². The van der Waals surface area contributed by atoms with Gasteiger partial charge in [-0.05, 0) is 25.0 Å². The summed E-state index contributed by atoms with van der Waals surface area (Å²) in [5.41, 5.74) is 6.12. The first-order valence-electron chi connectivity index (χ1n) is 5.41. The molecular weight excluding hydrogens is 212 g/mol. The van der Waals surface area contributed by atoms with E-state index in [9.17, 15) is 8.78 Å². The predicted octanol–water partition coefficient (Wildman–Crippen LogP) is 2.15. The summed E-state index contributed by atoms with van der Waals surface area (Å²) >= 11 is 0. The molecule has 0 aliphatic carbocycles. The first kappa shape index (κ1) is 11.1. The van der Waals surface area contributed by atoms with Gasteiger partial charge in [-0.2, -0.15) is 0 Å². The molecule has 2 heterocycles. The molecule has 0 radical (unpaired) electrons. The number of piperidine rings is 1. The molecule has 0 saturated carbocycles. The van der Waals surface area contributed by atoms with E-state index in [1.54, 1.807) is 18.3 Å². The molecule has 3 nitrogen and oxygen atoms in total. The largest absolute Gasteiger partial charge is 0.397 e. The van der Waals surface area contributed by atoms with Gasteiger partial charge >= 0.3 is 0 Å². The molecule has 88 valence electrons. The number of rotatable bonds is 2. The quantitative estimate of drug-likeness (QED) is 0.841. The standard InChI is InChI=1S/C11H15F2N3/c12-11(13)8-2-1-5-16(7-8)10-4-3-9(14)6-15-10/h3-4,6,8,11H,1-2,5,7,14H2/t8-/m0/s1. The number of aromatic nitrogens is 1. The molecule has 2 rings (SSSR count). The van der Waals surface area contributed by atoms with Crippen molar-refractivity contribution in [1.82, 2.24) is 4.98 Å². The Morgan fingerprint density at radius 2 is 2.25 bits per heavy atom. The lowest BCUT2D eigenvalue weighted by Crippen LogP contribution is -2.38. The van der Waals surface area contributed by atoms with Crippen LogP contribution >= 0.6 is 0 Å². The highest BCUT2D eigenvalue weighted by Gasteiger charge is 2.27.